The van der Waals surface area contributed by atoms with Crippen molar-refractivity contribution in [3.05, 3.63) is 47.7 Å². The fourth-order valence-corrected chi connectivity index (χ4v) is 3.11. The Hall–Kier alpha value is -3.21. The van der Waals surface area contributed by atoms with Crippen LogP contribution in [0.15, 0.2) is 36.4 Å². The first-order valence-corrected chi connectivity index (χ1v) is 9.41. The third-order valence-corrected chi connectivity index (χ3v) is 4.42. The second kappa shape index (κ2) is 9.08. The smallest absolute Gasteiger partial charge is 0.320 e. The summed E-state index contributed by atoms with van der Waals surface area (Å²) in [5.74, 6) is 0.390. The van der Waals surface area contributed by atoms with E-state index < -0.39 is 24.3 Å². The van der Waals surface area contributed by atoms with Gasteiger partial charge in [0.15, 0.2) is 0 Å². The second-order valence-corrected chi connectivity index (χ2v) is 7.23. The van der Waals surface area contributed by atoms with Crippen LogP contribution in [0.25, 0.3) is 10.9 Å². The molecule has 3 aromatic rings. The monoisotopic (exact) mass is 415 g/mol. The van der Waals surface area contributed by atoms with E-state index in [0.29, 0.717) is 10.9 Å². The first-order valence-electron chi connectivity index (χ1n) is 9.41. The molecule has 0 unspecified atom stereocenters. The van der Waals surface area contributed by atoms with Crippen LogP contribution < -0.4 is 15.4 Å². The number of aliphatic hydroxyl groups is 3. The minimum Gasteiger partial charge on any atom is -0.474 e. The van der Waals surface area contributed by atoms with Crippen molar-refractivity contribution >= 4 is 22.8 Å². The molecule has 0 bridgehead atoms. The van der Waals surface area contributed by atoms with Gasteiger partial charge in [0.2, 0.25) is 5.88 Å². The zero-order valence-electron chi connectivity index (χ0n) is 16.7. The Kier molecular flexibility index (Phi) is 6.50. The molecule has 2 amide bonds. The number of pyridine rings is 1. The van der Waals surface area contributed by atoms with Crippen LogP contribution in [-0.2, 0) is 6.61 Å². The van der Waals surface area contributed by atoms with Crippen molar-refractivity contribution in [1.29, 1.82) is 0 Å². The summed E-state index contributed by atoms with van der Waals surface area (Å²) < 4.78 is 5.34. The number of ether oxygens (including phenoxy) is 1. The minimum atomic E-state index is -1.21. The van der Waals surface area contributed by atoms with Gasteiger partial charge in [0.1, 0.15) is 12.4 Å². The zero-order chi connectivity index (χ0) is 21.7. The van der Waals surface area contributed by atoms with E-state index in [0.717, 1.165) is 5.56 Å². The Morgan fingerprint density at radius 3 is 2.63 bits per heavy atom. The van der Waals surface area contributed by atoms with Gasteiger partial charge in [0.25, 0.3) is 0 Å². The maximum absolute atomic E-state index is 12.6. The highest BCUT2D eigenvalue weighted by atomic mass is 16.5. The highest BCUT2D eigenvalue weighted by Gasteiger charge is 2.30. The third kappa shape index (κ3) is 4.85. The van der Waals surface area contributed by atoms with Gasteiger partial charge in [-0.1, -0.05) is 30.3 Å². The highest BCUT2D eigenvalue weighted by molar-refractivity contribution is 5.93. The van der Waals surface area contributed by atoms with Crippen LogP contribution >= 0.6 is 0 Å². The lowest BCUT2D eigenvalue weighted by molar-refractivity contribution is 0.0415. The summed E-state index contributed by atoms with van der Waals surface area (Å²) in [5, 5.41) is 41.7. The number of hydrogen-bond donors (Lipinski definition) is 6. The molecular formula is C20H25N5O5. The van der Waals surface area contributed by atoms with Gasteiger partial charge in [-0.3, -0.25) is 10.4 Å². The number of nitrogens with zero attached hydrogens (tertiary/aromatic N) is 2. The van der Waals surface area contributed by atoms with Crippen molar-refractivity contribution in [2.45, 2.75) is 32.1 Å². The molecule has 160 valence electrons. The molecule has 30 heavy (non-hydrogen) atoms. The van der Waals surface area contributed by atoms with Crippen LogP contribution in [0.3, 0.4) is 0 Å². The van der Waals surface area contributed by atoms with Crippen molar-refractivity contribution in [3.63, 3.8) is 0 Å². The third-order valence-electron chi connectivity index (χ3n) is 4.42. The number of H-pyrrole nitrogens is 1. The molecule has 10 nitrogen and oxygen atoms in total. The van der Waals surface area contributed by atoms with Gasteiger partial charge < -0.3 is 25.4 Å². The number of aromatic amines is 1. The Balaban J connectivity index is 1.82. The molecule has 10 heteroatoms. The molecule has 0 aliphatic carbocycles. The van der Waals surface area contributed by atoms with Crippen molar-refractivity contribution < 1.29 is 24.9 Å². The summed E-state index contributed by atoms with van der Waals surface area (Å²) in [4.78, 5) is 16.9. The second-order valence-electron chi connectivity index (χ2n) is 7.23. The van der Waals surface area contributed by atoms with Crippen molar-refractivity contribution in [2.75, 3.05) is 18.5 Å². The summed E-state index contributed by atoms with van der Waals surface area (Å²) in [6.07, 6.45) is 0. The predicted molar refractivity (Wildman–Crippen MR) is 110 cm³/mol. The Bertz CT molecular complexity index is 1000. The van der Waals surface area contributed by atoms with Crippen LogP contribution in [0, 0.1) is 0 Å². The fraction of sp³-hybridized carbons (Fsp3) is 0.350. The number of fused-ring (bicyclic) bond motifs is 1. The van der Waals surface area contributed by atoms with E-state index in [4.69, 9.17) is 9.84 Å². The molecule has 2 heterocycles. The fourth-order valence-electron chi connectivity index (χ4n) is 3.11. The zero-order valence-corrected chi connectivity index (χ0v) is 16.7. The van der Waals surface area contributed by atoms with Gasteiger partial charge in [-0.15, -0.1) is 5.10 Å². The van der Waals surface area contributed by atoms with Gasteiger partial charge >= 0.3 is 6.03 Å². The molecule has 1 atom stereocenters. The number of carbonyl (C=O) groups is 1. The first kappa shape index (κ1) is 21.5. The normalized spacial score (nSPS) is 12.6. The van der Waals surface area contributed by atoms with Gasteiger partial charge in [-0.05, 0) is 19.4 Å². The Morgan fingerprint density at radius 2 is 2.00 bits per heavy atom. The molecule has 1 aromatic carbocycles. The number of urea groups is 1. The summed E-state index contributed by atoms with van der Waals surface area (Å²) in [5.41, 5.74) is 0.291. The quantitative estimate of drug-likeness (QED) is 0.326. The standard InChI is InChI=1S/C20H25N5O5/c1-20(2,29)17(12-6-4-3-5-7-12)23-19(28)22-15-10-13-16(14(11-27)21-15)18(25-24-13)30-9-8-26/h3-7,10,17,26-27,29H,8-9,11H2,1-2H3,(H,24,25)(H2,21,22,23,28)/t17-/m0/s1. The first-order chi connectivity index (χ1) is 14.3. The molecular weight excluding hydrogens is 390 g/mol. The van der Waals surface area contributed by atoms with Crippen LogP contribution in [-0.4, -0.2) is 55.3 Å². The average molecular weight is 415 g/mol. The number of rotatable bonds is 8. The lowest BCUT2D eigenvalue weighted by Gasteiger charge is -2.30. The number of hydrogen-bond acceptors (Lipinski definition) is 7. The SMILES string of the molecule is CC(C)(O)[C@@H](NC(=O)Nc1cc2[nH]nc(OCCO)c2c(CO)n1)c1ccccc1. The summed E-state index contributed by atoms with van der Waals surface area (Å²) in [6.45, 7) is 2.68. The Morgan fingerprint density at radius 1 is 1.27 bits per heavy atom. The maximum Gasteiger partial charge on any atom is 0.320 e. The lowest BCUT2D eigenvalue weighted by Crippen LogP contribution is -2.44. The van der Waals surface area contributed by atoms with E-state index in [1.165, 1.54) is 0 Å². The van der Waals surface area contributed by atoms with Crippen LogP contribution in [0.2, 0.25) is 0 Å². The van der Waals surface area contributed by atoms with E-state index in [2.05, 4.69) is 25.8 Å². The topological polar surface area (TPSA) is 153 Å². The number of amides is 2. The van der Waals surface area contributed by atoms with E-state index in [9.17, 15) is 15.0 Å². The average Bonchev–Trinajstić information content (AvgIpc) is 3.12. The van der Waals surface area contributed by atoms with Crippen molar-refractivity contribution in [2.24, 2.45) is 0 Å². The van der Waals surface area contributed by atoms with Gasteiger partial charge in [-0.2, -0.15) is 0 Å². The van der Waals surface area contributed by atoms with E-state index in [1.54, 1.807) is 19.9 Å². The number of nitrogens with one attached hydrogen (secondary N) is 3. The predicted octanol–water partition coefficient (Wildman–Crippen LogP) is 1.45. The molecule has 0 saturated carbocycles. The number of anilines is 1. The molecule has 0 spiro atoms. The van der Waals surface area contributed by atoms with Crippen molar-refractivity contribution in [1.82, 2.24) is 20.5 Å². The van der Waals surface area contributed by atoms with Crippen LogP contribution in [0.5, 0.6) is 5.88 Å². The van der Waals surface area contributed by atoms with Crippen LogP contribution in [0.4, 0.5) is 10.6 Å². The molecule has 0 fully saturated rings. The molecule has 2 aromatic heterocycles. The summed E-state index contributed by atoms with van der Waals surface area (Å²) in [7, 11) is 0. The van der Waals surface area contributed by atoms with Crippen molar-refractivity contribution in [3.8, 4) is 5.88 Å². The number of aliphatic hydroxyl groups excluding tert-OH is 2. The van der Waals surface area contributed by atoms with Gasteiger partial charge in [0, 0.05) is 6.07 Å². The summed E-state index contributed by atoms with van der Waals surface area (Å²) in [6, 6.07) is 9.45. The molecule has 0 aliphatic heterocycles. The van der Waals surface area contributed by atoms with E-state index in [1.807, 2.05) is 30.3 Å². The summed E-state index contributed by atoms with van der Waals surface area (Å²) >= 11 is 0. The molecule has 0 saturated heterocycles. The largest absolute Gasteiger partial charge is 0.474 e. The number of carbonyl (C=O) groups excluding carboxylic acids is 1. The van der Waals surface area contributed by atoms with E-state index >= 15 is 0 Å². The van der Waals surface area contributed by atoms with Crippen LogP contribution in [0.1, 0.15) is 31.1 Å². The van der Waals surface area contributed by atoms with Gasteiger partial charge in [0.05, 0.1) is 41.5 Å². The molecule has 6 N–H and O–H groups in total. The maximum atomic E-state index is 12.6. The number of benzene rings is 1. The Labute approximate surface area is 172 Å². The molecule has 3 rings (SSSR count). The molecule has 0 radical (unpaired) electrons. The van der Waals surface area contributed by atoms with Gasteiger partial charge in [-0.25, -0.2) is 9.78 Å². The molecule has 0 aliphatic rings. The van der Waals surface area contributed by atoms with E-state index in [-0.39, 0.29) is 30.6 Å². The highest BCUT2D eigenvalue weighted by Crippen LogP contribution is 2.28. The lowest BCUT2D eigenvalue weighted by atomic mass is 9.92. The minimum absolute atomic E-state index is 0.0467. The number of aromatic nitrogens is 3.